The monoisotopic (exact) mass is 238 g/mol. The number of hydrogen-bond donors (Lipinski definition) is 2. The van der Waals surface area contributed by atoms with Crippen molar-refractivity contribution in [2.75, 3.05) is 5.32 Å². The van der Waals surface area contributed by atoms with Crippen LogP contribution in [0.1, 0.15) is 11.5 Å². The Bertz CT molecular complexity index is 466. The van der Waals surface area contributed by atoms with Gasteiger partial charge in [0.05, 0.1) is 12.7 Å². The van der Waals surface area contributed by atoms with Crippen molar-refractivity contribution in [2.45, 2.75) is 13.5 Å². The van der Waals surface area contributed by atoms with Gasteiger partial charge in [0, 0.05) is 11.5 Å². The standard InChI is InChI=1S/C9H10N4O2S/c1-6-2-3-7(15-6)4-10-9(14)12-8-5-11-13-16-8/h2-3,5H,4H2,1H3,(H2,10,12,14). The van der Waals surface area contributed by atoms with E-state index in [1.807, 2.05) is 19.1 Å². The topological polar surface area (TPSA) is 80.0 Å². The van der Waals surface area contributed by atoms with Gasteiger partial charge in [0.1, 0.15) is 16.5 Å². The number of carbonyl (C=O) groups excluding carboxylic acids is 1. The number of furan rings is 1. The number of rotatable bonds is 3. The normalized spacial score (nSPS) is 10.1. The molecule has 0 saturated heterocycles. The van der Waals surface area contributed by atoms with Crippen molar-refractivity contribution in [2.24, 2.45) is 0 Å². The number of nitrogens with one attached hydrogen (secondary N) is 2. The molecular weight excluding hydrogens is 228 g/mol. The quantitative estimate of drug-likeness (QED) is 0.853. The second-order valence-corrected chi connectivity index (χ2v) is 3.89. The average molecular weight is 238 g/mol. The highest BCUT2D eigenvalue weighted by molar-refractivity contribution is 7.10. The van der Waals surface area contributed by atoms with Gasteiger partial charge in [-0.1, -0.05) is 4.49 Å². The summed E-state index contributed by atoms with van der Waals surface area (Å²) in [5.41, 5.74) is 0. The van der Waals surface area contributed by atoms with Crippen LogP contribution in [0.3, 0.4) is 0 Å². The van der Waals surface area contributed by atoms with E-state index < -0.39 is 0 Å². The van der Waals surface area contributed by atoms with Gasteiger partial charge in [0.2, 0.25) is 0 Å². The van der Waals surface area contributed by atoms with Crippen LogP contribution >= 0.6 is 11.5 Å². The molecule has 0 aliphatic heterocycles. The van der Waals surface area contributed by atoms with Crippen molar-refractivity contribution in [3.63, 3.8) is 0 Å². The van der Waals surface area contributed by atoms with Crippen molar-refractivity contribution in [3.8, 4) is 0 Å². The zero-order valence-corrected chi connectivity index (χ0v) is 9.37. The molecule has 0 unspecified atom stereocenters. The highest BCUT2D eigenvalue weighted by Gasteiger charge is 2.04. The van der Waals surface area contributed by atoms with Crippen molar-refractivity contribution >= 4 is 22.6 Å². The van der Waals surface area contributed by atoms with Crippen LogP contribution in [0.2, 0.25) is 0 Å². The lowest BCUT2D eigenvalue weighted by molar-refractivity contribution is 0.251. The van der Waals surface area contributed by atoms with Crippen molar-refractivity contribution in [1.29, 1.82) is 0 Å². The molecule has 2 heterocycles. The Morgan fingerprint density at radius 2 is 2.44 bits per heavy atom. The minimum atomic E-state index is -0.305. The average Bonchev–Trinajstić information content (AvgIpc) is 2.87. The Labute approximate surface area is 95.8 Å². The van der Waals surface area contributed by atoms with Crippen molar-refractivity contribution in [1.82, 2.24) is 14.9 Å². The van der Waals surface area contributed by atoms with Crippen LogP contribution in [0.5, 0.6) is 0 Å². The number of anilines is 1. The third-order valence-electron chi connectivity index (χ3n) is 1.82. The Balaban J connectivity index is 1.80. The summed E-state index contributed by atoms with van der Waals surface area (Å²) in [4.78, 5) is 11.4. The molecule has 0 saturated carbocycles. The fourth-order valence-electron chi connectivity index (χ4n) is 1.13. The summed E-state index contributed by atoms with van der Waals surface area (Å²) < 4.78 is 8.93. The number of aromatic nitrogens is 2. The minimum absolute atomic E-state index is 0.305. The molecule has 2 N–H and O–H groups in total. The summed E-state index contributed by atoms with van der Waals surface area (Å²) in [7, 11) is 0. The highest BCUT2D eigenvalue weighted by atomic mass is 32.1. The van der Waals surface area contributed by atoms with Crippen LogP contribution in [-0.4, -0.2) is 15.6 Å². The summed E-state index contributed by atoms with van der Waals surface area (Å²) >= 11 is 1.12. The molecule has 7 heteroatoms. The molecule has 0 aliphatic carbocycles. The molecule has 0 fully saturated rings. The van der Waals surface area contributed by atoms with Crippen LogP contribution in [0.15, 0.2) is 22.7 Å². The zero-order valence-electron chi connectivity index (χ0n) is 8.56. The van der Waals surface area contributed by atoms with Gasteiger partial charge in [-0.25, -0.2) is 4.79 Å². The summed E-state index contributed by atoms with van der Waals surface area (Å²) in [5.74, 6) is 1.54. The fourth-order valence-corrected chi connectivity index (χ4v) is 1.54. The maximum absolute atomic E-state index is 11.4. The highest BCUT2D eigenvalue weighted by Crippen LogP contribution is 2.09. The third kappa shape index (κ3) is 2.80. The summed E-state index contributed by atoms with van der Waals surface area (Å²) in [5, 5.41) is 9.47. The fraction of sp³-hybridized carbons (Fsp3) is 0.222. The SMILES string of the molecule is Cc1ccc(CNC(=O)Nc2cnns2)o1. The maximum atomic E-state index is 11.4. The Morgan fingerprint density at radius 1 is 1.56 bits per heavy atom. The Kier molecular flexibility index (Phi) is 3.16. The van der Waals surface area contributed by atoms with E-state index in [9.17, 15) is 4.79 Å². The molecule has 2 rings (SSSR count). The van der Waals surface area contributed by atoms with Crippen LogP contribution < -0.4 is 10.6 Å². The van der Waals surface area contributed by atoms with Crippen LogP contribution in [0, 0.1) is 6.92 Å². The number of hydrogen-bond acceptors (Lipinski definition) is 5. The van der Waals surface area contributed by atoms with E-state index in [0.29, 0.717) is 11.5 Å². The minimum Gasteiger partial charge on any atom is -0.465 e. The van der Waals surface area contributed by atoms with Gasteiger partial charge in [0.25, 0.3) is 0 Å². The van der Waals surface area contributed by atoms with Gasteiger partial charge in [0.15, 0.2) is 0 Å². The van der Waals surface area contributed by atoms with E-state index in [4.69, 9.17) is 4.42 Å². The number of urea groups is 1. The molecule has 2 aromatic rings. The molecule has 84 valence electrons. The van der Waals surface area contributed by atoms with Crippen LogP contribution in [0.25, 0.3) is 0 Å². The first-order valence-electron chi connectivity index (χ1n) is 4.61. The van der Waals surface area contributed by atoms with Gasteiger partial charge in [-0.3, -0.25) is 5.32 Å². The lowest BCUT2D eigenvalue weighted by Crippen LogP contribution is -2.27. The van der Waals surface area contributed by atoms with Gasteiger partial charge in [-0.2, -0.15) is 0 Å². The van der Waals surface area contributed by atoms with E-state index >= 15 is 0 Å². The smallest absolute Gasteiger partial charge is 0.320 e. The van der Waals surface area contributed by atoms with E-state index in [0.717, 1.165) is 23.1 Å². The van der Waals surface area contributed by atoms with Crippen LogP contribution in [-0.2, 0) is 6.54 Å². The van der Waals surface area contributed by atoms with Gasteiger partial charge >= 0.3 is 6.03 Å². The summed E-state index contributed by atoms with van der Waals surface area (Å²) in [6.07, 6.45) is 1.49. The molecule has 2 aromatic heterocycles. The molecular formula is C9H10N4O2S. The van der Waals surface area contributed by atoms with E-state index in [-0.39, 0.29) is 6.03 Å². The third-order valence-corrected chi connectivity index (χ3v) is 2.40. The molecule has 2 amide bonds. The first kappa shape index (κ1) is 10.6. The molecule has 6 nitrogen and oxygen atoms in total. The van der Waals surface area contributed by atoms with Crippen molar-refractivity contribution in [3.05, 3.63) is 29.9 Å². The molecule has 0 aliphatic rings. The lowest BCUT2D eigenvalue weighted by Gasteiger charge is -2.02. The summed E-state index contributed by atoms with van der Waals surface area (Å²) in [6, 6.07) is 3.37. The van der Waals surface area contributed by atoms with Gasteiger partial charge < -0.3 is 9.73 Å². The van der Waals surface area contributed by atoms with E-state index in [1.165, 1.54) is 6.20 Å². The second-order valence-electron chi connectivity index (χ2n) is 3.10. The Morgan fingerprint density at radius 3 is 3.06 bits per heavy atom. The number of nitrogens with zero attached hydrogens (tertiary/aromatic N) is 2. The predicted molar refractivity (Wildman–Crippen MR) is 59.2 cm³/mol. The zero-order chi connectivity index (χ0) is 11.4. The first-order chi connectivity index (χ1) is 7.74. The number of amides is 2. The summed E-state index contributed by atoms with van der Waals surface area (Å²) in [6.45, 7) is 2.21. The maximum Gasteiger partial charge on any atom is 0.320 e. The van der Waals surface area contributed by atoms with Crippen molar-refractivity contribution < 1.29 is 9.21 Å². The number of aryl methyl sites for hydroxylation is 1. The molecule has 0 bridgehead atoms. The second kappa shape index (κ2) is 4.75. The predicted octanol–water partition coefficient (Wildman–Crippen LogP) is 1.76. The Hall–Kier alpha value is -1.89. The van der Waals surface area contributed by atoms with Gasteiger partial charge in [-0.15, -0.1) is 5.10 Å². The molecule has 0 atom stereocenters. The molecule has 0 aromatic carbocycles. The van der Waals surface area contributed by atoms with E-state index in [2.05, 4.69) is 20.2 Å². The molecule has 0 spiro atoms. The number of carbonyl (C=O) groups is 1. The largest absolute Gasteiger partial charge is 0.465 e. The lowest BCUT2D eigenvalue weighted by atomic mass is 10.4. The molecule has 0 radical (unpaired) electrons. The van der Waals surface area contributed by atoms with Crippen LogP contribution in [0.4, 0.5) is 9.80 Å². The molecule has 16 heavy (non-hydrogen) atoms. The van der Waals surface area contributed by atoms with E-state index in [1.54, 1.807) is 0 Å². The van der Waals surface area contributed by atoms with Gasteiger partial charge in [-0.05, 0) is 19.1 Å². The first-order valence-corrected chi connectivity index (χ1v) is 5.39.